The van der Waals surface area contributed by atoms with Gasteiger partial charge in [0.2, 0.25) is 11.1 Å². The van der Waals surface area contributed by atoms with Crippen LogP contribution in [0, 0.1) is 0 Å². The van der Waals surface area contributed by atoms with Crippen LogP contribution in [0.5, 0.6) is 0 Å². The first-order valence-corrected chi connectivity index (χ1v) is 10.9. The molecule has 0 saturated heterocycles. The second-order valence-corrected chi connectivity index (χ2v) is 8.20. The predicted octanol–water partition coefficient (Wildman–Crippen LogP) is 2.64. The molecule has 10 heteroatoms. The quantitative estimate of drug-likeness (QED) is 0.234. The van der Waals surface area contributed by atoms with Gasteiger partial charge in [-0.2, -0.15) is 0 Å². The second kappa shape index (κ2) is 8.23. The zero-order valence-electron chi connectivity index (χ0n) is 16.8. The van der Waals surface area contributed by atoms with Crippen LogP contribution >= 0.6 is 11.8 Å². The third-order valence-electron chi connectivity index (χ3n) is 5.10. The van der Waals surface area contributed by atoms with Crippen LogP contribution in [-0.2, 0) is 11.2 Å². The number of amides is 1. The van der Waals surface area contributed by atoms with E-state index in [1.165, 1.54) is 16.4 Å². The Labute approximate surface area is 186 Å². The topological polar surface area (TPSA) is 134 Å². The number of aromatic amines is 2. The number of benzene rings is 3. The summed E-state index contributed by atoms with van der Waals surface area (Å²) in [7, 11) is 0. The number of nitrogens with one attached hydrogen (secondary N) is 3. The highest BCUT2D eigenvalue weighted by atomic mass is 32.2. The number of fused-ring (bicyclic) bond motifs is 2. The van der Waals surface area contributed by atoms with Crippen molar-refractivity contribution < 1.29 is 4.79 Å². The molecule has 2 aromatic heterocycles. The van der Waals surface area contributed by atoms with Crippen molar-refractivity contribution in [3.05, 3.63) is 82.5 Å². The van der Waals surface area contributed by atoms with E-state index in [2.05, 4.69) is 43.7 Å². The first kappa shape index (κ1) is 19.9. The molecule has 5 rings (SSSR count). The van der Waals surface area contributed by atoms with E-state index in [1.807, 2.05) is 24.3 Å². The predicted molar refractivity (Wildman–Crippen MR) is 125 cm³/mol. The molecule has 0 spiro atoms. The van der Waals surface area contributed by atoms with Crippen LogP contribution < -0.4 is 16.8 Å². The number of anilines is 1. The van der Waals surface area contributed by atoms with E-state index in [-0.39, 0.29) is 17.3 Å². The number of nitrogens with two attached hydrogens (primary N) is 1. The van der Waals surface area contributed by atoms with E-state index in [1.54, 1.807) is 18.2 Å². The molecular weight excluding hydrogens is 426 g/mol. The molecule has 5 aromatic rings. The Hall–Kier alpha value is -4.05. The Morgan fingerprint density at radius 3 is 2.75 bits per heavy atom. The van der Waals surface area contributed by atoms with Gasteiger partial charge in [0, 0.05) is 12.1 Å². The number of nitrogens with zero attached hydrogens (tertiary/aromatic N) is 3. The monoisotopic (exact) mass is 445 g/mol. The van der Waals surface area contributed by atoms with Crippen LogP contribution in [0.3, 0.4) is 0 Å². The standard InChI is InChI=1S/C22H19N7O2S/c23-29-19(10-14-6-3-5-13-4-1-2-7-16(13)14)27-28-22(29)32-12-20(30)24-15-8-9-17-18(11-15)26-21(31)25-17/h1-9,11H,10,12,23H2,(H,24,30)(H2,25,26,31). The summed E-state index contributed by atoms with van der Waals surface area (Å²) in [5.74, 6) is 6.72. The summed E-state index contributed by atoms with van der Waals surface area (Å²) >= 11 is 1.21. The van der Waals surface area contributed by atoms with Gasteiger partial charge in [-0.15, -0.1) is 10.2 Å². The fourth-order valence-electron chi connectivity index (χ4n) is 3.58. The van der Waals surface area contributed by atoms with Crippen molar-refractivity contribution in [1.82, 2.24) is 24.8 Å². The van der Waals surface area contributed by atoms with Crippen LogP contribution in [0.25, 0.3) is 21.8 Å². The van der Waals surface area contributed by atoms with Gasteiger partial charge in [-0.3, -0.25) is 4.79 Å². The number of hydrogen-bond donors (Lipinski definition) is 4. The van der Waals surface area contributed by atoms with Crippen molar-refractivity contribution in [1.29, 1.82) is 0 Å². The minimum Gasteiger partial charge on any atom is -0.336 e. The lowest BCUT2D eigenvalue weighted by molar-refractivity contribution is -0.113. The average Bonchev–Trinajstić information content (AvgIpc) is 3.33. The lowest BCUT2D eigenvalue weighted by Gasteiger charge is -2.07. The summed E-state index contributed by atoms with van der Waals surface area (Å²) in [6.07, 6.45) is 0.534. The summed E-state index contributed by atoms with van der Waals surface area (Å²) in [5, 5.41) is 13.9. The normalized spacial score (nSPS) is 11.2. The van der Waals surface area contributed by atoms with Crippen molar-refractivity contribution in [2.75, 3.05) is 16.9 Å². The van der Waals surface area contributed by atoms with E-state index in [4.69, 9.17) is 5.84 Å². The molecule has 0 saturated carbocycles. The molecule has 3 aromatic carbocycles. The van der Waals surface area contributed by atoms with Gasteiger partial charge in [0.05, 0.1) is 16.8 Å². The molecule has 0 atom stereocenters. The van der Waals surface area contributed by atoms with Crippen LogP contribution in [-0.4, -0.2) is 36.5 Å². The molecule has 160 valence electrons. The first-order valence-electron chi connectivity index (χ1n) is 9.87. The highest BCUT2D eigenvalue weighted by Gasteiger charge is 2.14. The lowest BCUT2D eigenvalue weighted by Crippen LogP contribution is -2.17. The Kier molecular flexibility index (Phi) is 5.12. The SMILES string of the molecule is Nn1c(Cc2cccc3ccccc23)nnc1SCC(=O)Nc1ccc2[nH]c(=O)[nH]c2c1. The van der Waals surface area contributed by atoms with Gasteiger partial charge in [0.1, 0.15) is 0 Å². The molecular formula is C22H19N7O2S. The summed E-state index contributed by atoms with van der Waals surface area (Å²) < 4.78 is 1.43. The minimum atomic E-state index is -0.291. The van der Waals surface area contributed by atoms with Gasteiger partial charge < -0.3 is 21.1 Å². The number of H-pyrrole nitrogens is 2. The number of nitrogen functional groups attached to an aromatic ring is 1. The van der Waals surface area contributed by atoms with Gasteiger partial charge in [-0.1, -0.05) is 54.2 Å². The summed E-state index contributed by atoms with van der Waals surface area (Å²) in [6, 6.07) is 19.4. The zero-order valence-corrected chi connectivity index (χ0v) is 17.6. The molecule has 9 nitrogen and oxygen atoms in total. The Morgan fingerprint density at radius 2 is 1.84 bits per heavy atom. The van der Waals surface area contributed by atoms with Gasteiger partial charge >= 0.3 is 5.69 Å². The van der Waals surface area contributed by atoms with Gasteiger partial charge in [0.15, 0.2) is 5.82 Å². The number of carbonyl (C=O) groups excluding carboxylic acids is 1. The number of aromatic nitrogens is 5. The zero-order chi connectivity index (χ0) is 22.1. The highest BCUT2D eigenvalue weighted by molar-refractivity contribution is 7.99. The van der Waals surface area contributed by atoms with Crippen LogP contribution in [0.1, 0.15) is 11.4 Å². The third kappa shape index (κ3) is 3.95. The van der Waals surface area contributed by atoms with Crippen molar-refractivity contribution in [2.45, 2.75) is 11.6 Å². The number of rotatable bonds is 6. The maximum absolute atomic E-state index is 12.4. The Bertz CT molecular complexity index is 1500. The van der Waals surface area contributed by atoms with Crippen LogP contribution in [0.2, 0.25) is 0 Å². The van der Waals surface area contributed by atoms with Crippen molar-refractivity contribution in [3.8, 4) is 0 Å². The van der Waals surface area contributed by atoms with Gasteiger partial charge in [-0.05, 0) is 34.5 Å². The minimum absolute atomic E-state index is 0.116. The van der Waals surface area contributed by atoms with Gasteiger partial charge in [-0.25, -0.2) is 9.47 Å². The lowest BCUT2D eigenvalue weighted by atomic mass is 10.0. The van der Waals surface area contributed by atoms with E-state index < -0.39 is 0 Å². The molecule has 32 heavy (non-hydrogen) atoms. The number of hydrogen-bond acceptors (Lipinski definition) is 6. The molecule has 5 N–H and O–H groups in total. The molecule has 0 aliphatic carbocycles. The Morgan fingerprint density at radius 1 is 1.03 bits per heavy atom. The van der Waals surface area contributed by atoms with E-state index >= 15 is 0 Å². The second-order valence-electron chi connectivity index (χ2n) is 7.26. The Balaban J connectivity index is 1.25. The third-order valence-corrected chi connectivity index (χ3v) is 6.04. The smallest absolute Gasteiger partial charge is 0.323 e. The summed E-state index contributed by atoms with van der Waals surface area (Å²) in [5.41, 5.74) is 2.71. The van der Waals surface area contributed by atoms with Crippen molar-refractivity contribution in [3.63, 3.8) is 0 Å². The maximum Gasteiger partial charge on any atom is 0.323 e. The fraction of sp³-hybridized carbons (Fsp3) is 0.0909. The summed E-state index contributed by atoms with van der Waals surface area (Å²) in [4.78, 5) is 29.1. The van der Waals surface area contributed by atoms with Crippen molar-refractivity contribution >= 4 is 45.2 Å². The van der Waals surface area contributed by atoms with Crippen LogP contribution in [0.15, 0.2) is 70.6 Å². The molecule has 0 bridgehead atoms. The molecule has 0 fully saturated rings. The molecule has 0 aliphatic rings. The summed E-state index contributed by atoms with van der Waals surface area (Å²) in [6.45, 7) is 0. The maximum atomic E-state index is 12.4. The van der Waals surface area contributed by atoms with Crippen LogP contribution in [0.4, 0.5) is 5.69 Å². The largest absolute Gasteiger partial charge is 0.336 e. The van der Waals surface area contributed by atoms with E-state index in [9.17, 15) is 9.59 Å². The fourth-order valence-corrected chi connectivity index (χ4v) is 4.26. The van der Waals surface area contributed by atoms with E-state index in [0.29, 0.717) is 34.1 Å². The molecule has 0 aliphatic heterocycles. The number of carbonyl (C=O) groups is 1. The van der Waals surface area contributed by atoms with Gasteiger partial charge in [0.25, 0.3) is 0 Å². The average molecular weight is 446 g/mol. The highest BCUT2D eigenvalue weighted by Crippen LogP contribution is 2.22. The number of thioether (sulfide) groups is 1. The number of imidazole rings is 1. The van der Waals surface area contributed by atoms with Crippen molar-refractivity contribution in [2.24, 2.45) is 0 Å². The molecule has 2 heterocycles. The first-order chi connectivity index (χ1) is 15.6. The van der Waals surface area contributed by atoms with E-state index in [0.717, 1.165) is 16.3 Å². The molecule has 1 amide bonds. The molecule has 0 radical (unpaired) electrons. The molecule has 0 unspecified atom stereocenters.